The van der Waals surface area contributed by atoms with Crippen molar-refractivity contribution in [3.05, 3.63) is 0 Å². The highest BCUT2D eigenvalue weighted by atomic mass is 27.0. The highest BCUT2D eigenvalue weighted by molar-refractivity contribution is 6.05. The van der Waals surface area contributed by atoms with Gasteiger partial charge in [-0.1, -0.05) is 0 Å². The van der Waals surface area contributed by atoms with Crippen LogP contribution in [0.25, 0.3) is 0 Å². The summed E-state index contributed by atoms with van der Waals surface area (Å²) in [7, 11) is 0. The van der Waals surface area contributed by atoms with Gasteiger partial charge in [0.05, 0.1) is 0 Å². The van der Waals surface area contributed by atoms with E-state index in [-0.39, 0.29) is 17.4 Å². The maximum atomic E-state index is 11.4. The molecular weight excluding hydrogens is 645 g/mol. The predicted octanol–water partition coefficient (Wildman–Crippen LogP) is 4.39. The number of hydrogen-bond donors (Lipinski definition) is 0. The highest BCUT2D eigenvalue weighted by Gasteiger charge is 2.56. The number of hydrogen-bond acceptors (Lipinski definition) is 0. The molecule has 0 amide bonds. The van der Waals surface area contributed by atoms with Gasteiger partial charge >= 0.3 is 71.8 Å². The van der Waals surface area contributed by atoms with E-state index in [2.05, 4.69) is 0 Å². The molecular formula is C15H12AlF18O6+6. The molecule has 6 nitrogen and oxygen atoms in total. The fraction of sp³-hybridized carbons (Fsp3) is 0.600. The van der Waals surface area contributed by atoms with Crippen LogP contribution in [0.2, 0.25) is 0 Å². The Hall–Kier alpha value is -2.71. The topological polar surface area (TPSA) is 128 Å². The molecule has 3 radical (unpaired) electrons. The molecule has 231 valence electrons. The van der Waals surface area contributed by atoms with E-state index in [4.69, 9.17) is 28.8 Å². The normalized spacial score (nSPS) is 12.4. The Morgan fingerprint density at radius 3 is 0.400 bits per heavy atom. The Balaban J connectivity index is -0.000000240. The molecule has 0 aliphatic heterocycles. The molecule has 0 aliphatic carbocycles. The van der Waals surface area contributed by atoms with Gasteiger partial charge in [0.25, 0.3) is 0 Å². The van der Waals surface area contributed by atoms with Crippen LogP contribution in [0.1, 0.15) is 19.3 Å². The smallest absolute Gasteiger partial charge is 0.273 e. The maximum absolute atomic E-state index is 11.4. The van der Waals surface area contributed by atoms with Crippen LogP contribution in [0.4, 0.5) is 79.0 Å². The Morgan fingerprint density at radius 2 is 0.350 bits per heavy atom. The lowest BCUT2D eigenvalue weighted by atomic mass is 10.2. The van der Waals surface area contributed by atoms with E-state index >= 15 is 0 Å². The van der Waals surface area contributed by atoms with Gasteiger partial charge in [-0.25, -0.2) is 0 Å². The second kappa shape index (κ2) is 15.3. The van der Waals surface area contributed by atoms with E-state index in [0.717, 1.165) is 0 Å². The lowest BCUT2D eigenvalue weighted by Gasteiger charge is -1.98. The van der Waals surface area contributed by atoms with Crippen molar-refractivity contribution >= 4 is 52.1 Å². The Labute approximate surface area is 217 Å². The average molecular weight is 657 g/mol. The van der Waals surface area contributed by atoms with Crippen LogP contribution in [-0.4, -0.2) is 118 Å². The molecule has 25 heteroatoms. The molecule has 0 bridgehead atoms. The number of alkyl halides is 18. The third-order valence-electron chi connectivity index (χ3n) is 2.97. The summed E-state index contributed by atoms with van der Waals surface area (Å²) in [6, 6.07) is 0. The summed E-state index contributed by atoms with van der Waals surface area (Å²) in [4.78, 5) is 48.2. The van der Waals surface area contributed by atoms with Crippen LogP contribution in [-0.2, 0) is 0 Å². The van der Waals surface area contributed by atoms with Gasteiger partial charge in [0.1, 0.15) is 0 Å². The minimum absolute atomic E-state index is 0. The minimum atomic E-state index is -5.25. The molecule has 0 aromatic heterocycles. The number of rotatable bonds is 6. The highest BCUT2D eigenvalue weighted by Crippen LogP contribution is 2.25. The molecule has 0 atom stereocenters. The second-order valence-corrected chi connectivity index (χ2v) is 6.20. The third-order valence-corrected chi connectivity index (χ3v) is 2.97. The molecule has 0 fully saturated rings. The Bertz CT molecular complexity index is 726. The van der Waals surface area contributed by atoms with Gasteiger partial charge in [-0.15, -0.1) is 0 Å². The fourth-order valence-corrected chi connectivity index (χ4v) is 1.08. The summed E-state index contributed by atoms with van der Waals surface area (Å²) in [6.45, 7) is 0. The van der Waals surface area contributed by atoms with E-state index in [1.54, 1.807) is 0 Å². The first kappa shape index (κ1) is 44.3. The van der Waals surface area contributed by atoms with Crippen molar-refractivity contribution < 1.29 is 108 Å². The zero-order valence-corrected chi connectivity index (χ0v) is 19.3. The van der Waals surface area contributed by atoms with Crippen LogP contribution in [0.5, 0.6) is 0 Å². The van der Waals surface area contributed by atoms with Gasteiger partial charge in [-0.2, -0.15) is 79.0 Å². The molecule has 0 unspecified atom stereocenters. The van der Waals surface area contributed by atoms with Gasteiger partial charge < -0.3 is 0 Å². The standard InChI is InChI=1S/3C5H2F6O2.Al/c3*6-4(7,8)2(12)1-3(13)5(9,10)11;/h3*1H2;/p+6. The van der Waals surface area contributed by atoms with Gasteiger partial charge in [0, 0.05) is 17.4 Å². The molecule has 6 N–H and O–H groups in total. The van der Waals surface area contributed by atoms with Gasteiger partial charge in [-0.3, -0.25) is 28.8 Å². The van der Waals surface area contributed by atoms with Gasteiger partial charge in [0.15, 0.2) is 19.3 Å². The van der Waals surface area contributed by atoms with Crippen LogP contribution >= 0.6 is 0 Å². The van der Waals surface area contributed by atoms with Crippen molar-refractivity contribution in [2.24, 2.45) is 0 Å². The first-order valence-electron chi connectivity index (χ1n) is 8.36. The molecule has 0 heterocycles. The van der Waals surface area contributed by atoms with Crippen LogP contribution in [0, 0.1) is 0 Å². The second-order valence-electron chi connectivity index (χ2n) is 6.20. The van der Waals surface area contributed by atoms with Crippen molar-refractivity contribution in [1.82, 2.24) is 0 Å². The first-order chi connectivity index (χ1) is 16.6. The molecule has 0 saturated heterocycles. The third kappa shape index (κ3) is 20.2. The molecule has 0 aliphatic rings. The summed E-state index contributed by atoms with van der Waals surface area (Å²) in [5.41, 5.74) is 0. The van der Waals surface area contributed by atoms with E-state index in [9.17, 15) is 79.0 Å². The lowest BCUT2D eigenvalue weighted by Crippen LogP contribution is -2.32. The van der Waals surface area contributed by atoms with Crippen molar-refractivity contribution in [3.63, 3.8) is 0 Å². The number of halogens is 18. The quantitative estimate of drug-likeness (QED) is 0.174. The summed E-state index contributed by atoms with van der Waals surface area (Å²) in [5, 5.41) is 0. The summed E-state index contributed by atoms with van der Waals surface area (Å²) in [5.74, 6) is -14.3. The fourth-order valence-electron chi connectivity index (χ4n) is 1.08. The van der Waals surface area contributed by atoms with E-state index in [1.165, 1.54) is 0 Å². The van der Waals surface area contributed by atoms with E-state index < -0.39 is 91.0 Å². The van der Waals surface area contributed by atoms with Crippen molar-refractivity contribution in [2.45, 2.75) is 56.3 Å². The van der Waals surface area contributed by atoms with Crippen LogP contribution in [0.15, 0.2) is 0 Å². The van der Waals surface area contributed by atoms with E-state index in [0.29, 0.717) is 0 Å². The Morgan fingerprint density at radius 1 is 0.275 bits per heavy atom. The molecule has 0 rings (SSSR count). The number of carbonyl (C=O) groups excluding carboxylic acids is 6. The van der Waals surface area contributed by atoms with Gasteiger partial charge in [-0.05, 0) is 0 Å². The van der Waals surface area contributed by atoms with Crippen LogP contribution < -0.4 is 0 Å². The van der Waals surface area contributed by atoms with Crippen molar-refractivity contribution in [3.8, 4) is 0 Å². The molecule has 0 aromatic rings. The first-order valence-corrected chi connectivity index (χ1v) is 8.36. The molecule has 0 aromatic carbocycles. The summed E-state index contributed by atoms with van der Waals surface area (Å²) < 4.78 is 206. The van der Waals surface area contributed by atoms with Crippen molar-refractivity contribution in [1.29, 1.82) is 0 Å². The molecule has 40 heavy (non-hydrogen) atoms. The SMILES string of the molecule is [Al].[OH+]=C(CC(=[OH+])C(F)(F)F)C(F)(F)F.[OH+]=C(CC(=[OH+])C(F)(F)F)C(F)(F)F.[OH+]=C(CC(=[OH+])C(F)(F)F)C(F)(F)F. The van der Waals surface area contributed by atoms with Gasteiger partial charge in [0.2, 0.25) is 0 Å². The number of ketones is 6. The zero-order chi connectivity index (χ0) is 32.6. The zero-order valence-electron chi connectivity index (χ0n) is 18.2. The summed E-state index contributed by atoms with van der Waals surface area (Å²) in [6.07, 6.45) is -37.4. The molecule has 0 saturated carbocycles. The maximum Gasteiger partial charge on any atom is 0.505 e. The lowest BCUT2D eigenvalue weighted by molar-refractivity contribution is -0.0732. The summed E-state index contributed by atoms with van der Waals surface area (Å²) >= 11 is 0. The average Bonchev–Trinajstić information content (AvgIpc) is 2.64. The molecule has 0 spiro atoms. The minimum Gasteiger partial charge on any atom is -0.273 e. The monoisotopic (exact) mass is 657 g/mol. The van der Waals surface area contributed by atoms with Crippen molar-refractivity contribution in [2.75, 3.05) is 0 Å². The predicted molar refractivity (Wildman–Crippen MR) is 97.6 cm³/mol. The van der Waals surface area contributed by atoms with Crippen LogP contribution in [0.3, 0.4) is 0 Å². The largest absolute Gasteiger partial charge is 0.505 e. The van der Waals surface area contributed by atoms with E-state index in [1.807, 2.05) is 0 Å². The Kier molecular flexibility index (Phi) is 17.0.